The van der Waals surface area contributed by atoms with Gasteiger partial charge in [0.15, 0.2) is 0 Å². The molecule has 2 heterocycles. The van der Waals surface area contributed by atoms with E-state index in [0.29, 0.717) is 26.2 Å². The smallest absolute Gasteiger partial charge is 0.312 e. The van der Waals surface area contributed by atoms with Gasteiger partial charge < -0.3 is 5.32 Å². The van der Waals surface area contributed by atoms with E-state index in [1.165, 1.54) is 4.90 Å². The molecule has 2 aliphatic rings. The fourth-order valence-corrected chi connectivity index (χ4v) is 2.31. The lowest BCUT2D eigenvalue weighted by Crippen LogP contribution is -2.59. The van der Waals surface area contributed by atoms with Crippen LogP contribution in [0.5, 0.6) is 0 Å². The highest BCUT2D eigenvalue weighted by molar-refractivity contribution is 4.81. The van der Waals surface area contributed by atoms with Crippen molar-refractivity contribution in [3.05, 3.63) is 0 Å². The van der Waals surface area contributed by atoms with E-state index in [0.717, 1.165) is 19.6 Å². The third-order valence-corrected chi connectivity index (χ3v) is 3.19. The van der Waals surface area contributed by atoms with E-state index in [9.17, 15) is 13.2 Å². The zero-order valence-electron chi connectivity index (χ0n) is 9.71. The van der Waals surface area contributed by atoms with Crippen LogP contribution >= 0.6 is 0 Å². The molecule has 0 aromatic carbocycles. The maximum atomic E-state index is 12.2. The van der Waals surface area contributed by atoms with Crippen LogP contribution in [-0.2, 0) is 0 Å². The molecular formula is C10H18F3N4. The van der Waals surface area contributed by atoms with Crippen molar-refractivity contribution in [1.29, 1.82) is 0 Å². The third-order valence-electron chi connectivity index (χ3n) is 3.19. The van der Waals surface area contributed by atoms with Gasteiger partial charge in [0.25, 0.3) is 0 Å². The monoisotopic (exact) mass is 251 g/mol. The molecule has 1 radical (unpaired) electrons. The number of nitrogens with one attached hydrogen (secondary N) is 1. The summed E-state index contributed by atoms with van der Waals surface area (Å²) in [5.41, 5.74) is 0. The maximum absolute atomic E-state index is 12.2. The minimum atomic E-state index is -4.08. The van der Waals surface area contributed by atoms with Gasteiger partial charge in [0, 0.05) is 45.8 Å². The minimum absolute atomic E-state index is 0.150. The number of alkyl halides is 3. The molecule has 2 saturated heterocycles. The summed E-state index contributed by atoms with van der Waals surface area (Å²) >= 11 is 0. The highest BCUT2D eigenvalue weighted by Gasteiger charge is 2.33. The largest absolute Gasteiger partial charge is 0.401 e. The molecule has 4 nitrogen and oxygen atoms in total. The molecule has 1 atom stereocenters. The Morgan fingerprint density at radius 1 is 1.18 bits per heavy atom. The molecule has 2 fully saturated rings. The van der Waals surface area contributed by atoms with Crippen molar-refractivity contribution in [3.63, 3.8) is 0 Å². The number of halogens is 3. The van der Waals surface area contributed by atoms with Gasteiger partial charge in [0.1, 0.15) is 0 Å². The Balaban J connectivity index is 1.73. The van der Waals surface area contributed by atoms with Gasteiger partial charge in [0.05, 0.1) is 12.7 Å². The van der Waals surface area contributed by atoms with Crippen molar-refractivity contribution in [3.8, 4) is 0 Å². The first-order valence-electron chi connectivity index (χ1n) is 5.95. The molecule has 7 heteroatoms. The Kier molecular flexibility index (Phi) is 4.24. The summed E-state index contributed by atoms with van der Waals surface area (Å²) in [6.45, 7) is 4.03. The van der Waals surface area contributed by atoms with Gasteiger partial charge in [-0.3, -0.25) is 9.80 Å². The predicted octanol–water partition coefficient (Wildman–Crippen LogP) is -0.300. The summed E-state index contributed by atoms with van der Waals surface area (Å²) in [5, 5.41) is 7.73. The lowest BCUT2D eigenvalue weighted by molar-refractivity contribution is -0.150. The van der Waals surface area contributed by atoms with Crippen LogP contribution in [0.3, 0.4) is 0 Å². The first kappa shape index (κ1) is 13.1. The molecular weight excluding hydrogens is 233 g/mol. The normalized spacial score (nSPS) is 29.5. The van der Waals surface area contributed by atoms with Crippen LogP contribution < -0.4 is 10.6 Å². The average Bonchev–Trinajstić information content (AvgIpc) is 2.29. The first-order valence-corrected chi connectivity index (χ1v) is 5.95. The molecule has 0 aliphatic carbocycles. The Morgan fingerprint density at radius 2 is 1.88 bits per heavy atom. The number of hydrogen-bond donors (Lipinski definition) is 1. The highest BCUT2D eigenvalue weighted by atomic mass is 19.4. The van der Waals surface area contributed by atoms with Gasteiger partial charge in [-0.2, -0.15) is 13.2 Å². The van der Waals surface area contributed by atoms with E-state index < -0.39 is 12.7 Å². The fourth-order valence-electron chi connectivity index (χ4n) is 2.31. The van der Waals surface area contributed by atoms with Gasteiger partial charge >= 0.3 is 6.18 Å². The Labute approximate surface area is 99.1 Å². The molecule has 1 unspecified atom stereocenters. The Hall–Kier alpha value is -0.370. The van der Waals surface area contributed by atoms with Crippen molar-refractivity contribution in [2.45, 2.75) is 12.3 Å². The summed E-state index contributed by atoms with van der Waals surface area (Å²) in [6, 6.07) is 0. The van der Waals surface area contributed by atoms with Crippen molar-refractivity contribution >= 4 is 0 Å². The quantitative estimate of drug-likeness (QED) is 0.731. The van der Waals surface area contributed by atoms with Crippen LogP contribution in [0.4, 0.5) is 13.2 Å². The lowest BCUT2D eigenvalue weighted by atomic mass is 10.2. The molecule has 1 N–H and O–H groups in total. The van der Waals surface area contributed by atoms with Crippen molar-refractivity contribution in [1.82, 2.24) is 20.4 Å². The van der Waals surface area contributed by atoms with E-state index in [1.807, 2.05) is 0 Å². The second-order valence-corrected chi connectivity index (χ2v) is 4.52. The number of piperazine rings is 2. The summed E-state index contributed by atoms with van der Waals surface area (Å²) in [5.74, 6) is 0. The maximum Gasteiger partial charge on any atom is 0.401 e. The van der Waals surface area contributed by atoms with E-state index in [2.05, 4.69) is 15.5 Å². The van der Waals surface area contributed by atoms with E-state index in [-0.39, 0.29) is 6.17 Å². The summed E-state index contributed by atoms with van der Waals surface area (Å²) < 4.78 is 36.6. The van der Waals surface area contributed by atoms with Crippen molar-refractivity contribution in [2.24, 2.45) is 0 Å². The number of nitrogens with zero attached hydrogens (tertiary/aromatic N) is 3. The third kappa shape index (κ3) is 4.09. The molecule has 2 rings (SSSR count). The lowest BCUT2D eigenvalue weighted by Gasteiger charge is -2.40. The first-order chi connectivity index (χ1) is 8.04. The Bertz CT molecular complexity index is 232. The molecule has 0 aromatic heterocycles. The van der Waals surface area contributed by atoms with Crippen molar-refractivity contribution in [2.75, 3.05) is 52.4 Å². The van der Waals surface area contributed by atoms with Gasteiger partial charge in [-0.25, -0.2) is 5.32 Å². The molecule has 0 saturated carbocycles. The Morgan fingerprint density at radius 3 is 2.41 bits per heavy atom. The average molecular weight is 251 g/mol. The highest BCUT2D eigenvalue weighted by Crippen LogP contribution is 2.17. The van der Waals surface area contributed by atoms with Crippen LogP contribution in [0.25, 0.3) is 0 Å². The van der Waals surface area contributed by atoms with Crippen LogP contribution in [0.15, 0.2) is 0 Å². The second-order valence-electron chi connectivity index (χ2n) is 4.52. The molecule has 0 aromatic rings. The molecule has 0 amide bonds. The van der Waals surface area contributed by atoms with Gasteiger partial charge in [-0.1, -0.05) is 0 Å². The van der Waals surface area contributed by atoms with E-state index in [4.69, 9.17) is 0 Å². The van der Waals surface area contributed by atoms with Gasteiger partial charge in [-0.05, 0) is 0 Å². The van der Waals surface area contributed by atoms with Crippen molar-refractivity contribution < 1.29 is 13.2 Å². The summed E-state index contributed by atoms with van der Waals surface area (Å²) in [7, 11) is 0. The second kappa shape index (κ2) is 5.51. The minimum Gasteiger partial charge on any atom is -0.312 e. The fraction of sp³-hybridized carbons (Fsp3) is 1.00. The van der Waals surface area contributed by atoms with Gasteiger partial charge in [0.2, 0.25) is 0 Å². The summed E-state index contributed by atoms with van der Waals surface area (Å²) in [4.78, 5) is 3.63. The molecule has 0 spiro atoms. The zero-order valence-corrected chi connectivity index (χ0v) is 9.71. The molecule has 99 valence electrons. The van der Waals surface area contributed by atoms with E-state index in [1.54, 1.807) is 0 Å². The standard InChI is InChI=1S/C10H18F3N4/c11-10(12,13)8-16-3-5-17(6-4-16)9-7-14-1-2-15-9/h9,14H,1-8H2. The van der Waals surface area contributed by atoms with E-state index >= 15 is 0 Å². The van der Waals surface area contributed by atoms with Gasteiger partial charge in [-0.15, -0.1) is 0 Å². The predicted molar refractivity (Wildman–Crippen MR) is 57.7 cm³/mol. The van der Waals surface area contributed by atoms with Crippen LogP contribution in [0, 0.1) is 0 Å². The number of rotatable bonds is 2. The van der Waals surface area contributed by atoms with Crippen LogP contribution in [-0.4, -0.2) is 74.5 Å². The van der Waals surface area contributed by atoms with Crippen LogP contribution in [0.1, 0.15) is 0 Å². The zero-order chi connectivity index (χ0) is 12.3. The molecule has 2 aliphatic heterocycles. The number of hydrogen-bond acceptors (Lipinski definition) is 3. The SMILES string of the molecule is FC(F)(F)CN1CCN(C2CNCC[N]2)CC1. The summed E-state index contributed by atoms with van der Waals surface area (Å²) in [6.07, 6.45) is -3.93. The van der Waals surface area contributed by atoms with Crippen LogP contribution in [0.2, 0.25) is 0 Å². The molecule has 0 bridgehead atoms. The topological polar surface area (TPSA) is 32.6 Å². The molecule has 17 heavy (non-hydrogen) atoms.